The molecule has 0 radical (unpaired) electrons. The van der Waals surface area contributed by atoms with Crippen molar-refractivity contribution in [2.24, 2.45) is 5.73 Å². The topological polar surface area (TPSA) is 64.3 Å². The fourth-order valence-electron chi connectivity index (χ4n) is 2.34. The van der Waals surface area contributed by atoms with Gasteiger partial charge in [-0.25, -0.2) is 0 Å². The lowest BCUT2D eigenvalue weighted by Gasteiger charge is -2.21. The SMILES string of the molecule is COC(CN)CC(=O)NC(c1ccccc1)c1ccccc1. The molecule has 0 aliphatic carbocycles. The minimum absolute atomic E-state index is 0.0741. The van der Waals surface area contributed by atoms with Crippen molar-refractivity contribution in [1.29, 1.82) is 0 Å². The predicted molar refractivity (Wildman–Crippen MR) is 87.3 cm³/mol. The van der Waals surface area contributed by atoms with E-state index in [1.807, 2.05) is 60.7 Å². The van der Waals surface area contributed by atoms with E-state index in [1.54, 1.807) is 7.11 Å². The smallest absolute Gasteiger partial charge is 0.223 e. The molecular formula is C18H22N2O2. The molecule has 0 bridgehead atoms. The lowest BCUT2D eigenvalue weighted by Crippen LogP contribution is -2.34. The highest BCUT2D eigenvalue weighted by Gasteiger charge is 2.18. The third kappa shape index (κ3) is 4.41. The van der Waals surface area contributed by atoms with Gasteiger partial charge in [0.2, 0.25) is 5.91 Å². The molecule has 1 atom stereocenters. The molecule has 0 saturated heterocycles. The predicted octanol–water partition coefficient (Wildman–Crippen LogP) is 2.26. The summed E-state index contributed by atoms with van der Waals surface area (Å²) < 4.78 is 5.18. The number of ether oxygens (including phenoxy) is 1. The maximum Gasteiger partial charge on any atom is 0.223 e. The summed E-state index contributed by atoms with van der Waals surface area (Å²) in [5.74, 6) is -0.0741. The first-order valence-electron chi connectivity index (χ1n) is 7.36. The fraction of sp³-hybridized carbons (Fsp3) is 0.278. The van der Waals surface area contributed by atoms with Gasteiger partial charge in [-0.05, 0) is 11.1 Å². The van der Waals surface area contributed by atoms with Crippen LogP contribution in [0.2, 0.25) is 0 Å². The van der Waals surface area contributed by atoms with E-state index in [9.17, 15) is 4.79 Å². The Bertz CT molecular complexity index is 529. The lowest BCUT2D eigenvalue weighted by atomic mass is 9.98. The summed E-state index contributed by atoms with van der Waals surface area (Å²) in [5, 5.41) is 3.07. The van der Waals surface area contributed by atoms with Crippen LogP contribution in [0.15, 0.2) is 60.7 Å². The van der Waals surface area contributed by atoms with Crippen LogP contribution in [0.5, 0.6) is 0 Å². The highest BCUT2D eigenvalue weighted by molar-refractivity contribution is 5.77. The first kappa shape index (κ1) is 16.2. The third-order valence-electron chi connectivity index (χ3n) is 3.58. The first-order valence-corrected chi connectivity index (χ1v) is 7.36. The van der Waals surface area contributed by atoms with Gasteiger partial charge in [-0.2, -0.15) is 0 Å². The van der Waals surface area contributed by atoms with E-state index < -0.39 is 0 Å². The summed E-state index contributed by atoms with van der Waals surface area (Å²) >= 11 is 0. The van der Waals surface area contributed by atoms with Crippen molar-refractivity contribution in [2.75, 3.05) is 13.7 Å². The van der Waals surface area contributed by atoms with E-state index >= 15 is 0 Å². The number of amides is 1. The molecule has 1 amide bonds. The number of benzene rings is 2. The summed E-state index contributed by atoms with van der Waals surface area (Å²) in [5.41, 5.74) is 7.67. The summed E-state index contributed by atoms with van der Waals surface area (Å²) in [7, 11) is 1.57. The maximum atomic E-state index is 12.3. The van der Waals surface area contributed by atoms with Crippen molar-refractivity contribution >= 4 is 5.91 Å². The number of carbonyl (C=O) groups excluding carboxylic acids is 1. The minimum Gasteiger partial charge on any atom is -0.380 e. The number of hydrogen-bond donors (Lipinski definition) is 2. The Morgan fingerprint density at radius 2 is 1.55 bits per heavy atom. The van der Waals surface area contributed by atoms with E-state index in [0.29, 0.717) is 6.54 Å². The van der Waals surface area contributed by atoms with E-state index in [-0.39, 0.29) is 24.5 Å². The van der Waals surface area contributed by atoms with Gasteiger partial charge in [-0.15, -0.1) is 0 Å². The van der Waals surface area contributed by atoms with E-state index in [2.05, 4.69) is 5.32 Å². The molecule has 0 saturated carbocycles. The van der Waals surface area contributed by atoms with Crippen LogP contribution in [0.4, 0.5) is 0 Å². The third-order valence-corrected chi connectivity index (χ3v) is 3.58. The van der Waals surface area contributed by atoms with Gasteiger partial charge in [-0.3, -0.25) is 4.79 Å². The normalized spacial score (nSPS) is 12.1. The monoisotopic (exact) mass is 298 g/mol. The molecule has 4 nitrogen and oxygen atoms in total. The van der Waals surface area contributed by atoms with Crippen LogP contribution in [0.3, 0.4) is 0 Å². The van der Waals surface area contributed by atoms with Crippen LogP contribution in [0, 0.1) is 0 Å². The molecule has 22 heavy (non-hydrogen) atoms. The second-order valence-electron chi connectivity index (χ2n) is 5.12. The second-order valence-corrected chi connectivity index (χ2v) is 5.12. The Balaban J connectivity index is 2.17. The molecule has 3 N–H and O–H groups in total. The molecular weight excluding hydrogens is 276 g/mol. The van der Waals surface area contributed by atoms with Crippen LogP contribution in [-0.4, -0.2) is 25.7 Å². The molecule has 0 fully saturated rings. The number of nitrogens with one attached hydrogen (secondary N) is 1. The van der Waals surface area contributed by atoms with Gasteiger partial charge >= 0.3 is 0 Å². The molecule has 2 aromatic rings. The summed E-state index contributed by atoms with van der Waals surface area (Å²) in [6.45, 7) is 0.325. The highest BCUT2D eigenvalue weighted by Crippen LogP contribution is 2.21. The zero-order valence-electron chi connectivity index (χ0n) is 12.7. The maximum absolute atomic E-state index is 12.3. The van der Waals surface area contributed by atoms with Crippen LogP contribution in [0.25, 0.3) is 0 Å². The lowest BCUT2D eigenvalue weighted by molar-refractivity contribution is -0.123. The zero-order valence-corrected chi connectivity index (χ0v) is 12.7. The Kier molecular flexibility index (Phi) is 6.13. The summed E-state index contributed by atoms with van der Waals surface area (Å²) in [4.78, 5) is 12.3. The molecule has 1 unspecified atom stereocenters. The van der Waals surface area contributed by atoms with Gasteiger partial charge in [0.15, 0.2) is 0 Å². The number of carbonyl (C=O) groups is 1. The Morgan fingerprint density at radius 1 is 1.05 bits per heavy atom. The van der Waals surface area contributed by atoms with Gasteiger partial charge in [0.25, 0.3) is 0 Å². The number of nitrogens with two attached hydrogens (primary N) is 1. The van der Waals surface area contributed by atoms with Crippen molar-refractivity contribution in [2.45, 2.75) is 18.6 Å². The van der Waals surface area contributed by atoms with Crippen LogP contribution >= 0.6 is 0 Å². The Hall–Kier alpha value is -2.17. The zero-order chi connectivity index (χ0) is 15.8. The molecule has 0 spiro atoms. The van der Waals surface area contributed by atoms with E-state index in [4.69, 9.17) is 10.5 Å². The van der Waals surface area contributed by atoms with Crippen molar-refractivity contribution in [3.63, 3.8) is 0 Å². The van der Waals surface area contributed by atoms with Crippen molar-refractivity contribution in [1.82, 2.24) is 5.32 Å². The first-order chi connectivity index (χ1) is 10.7. The molecule has 0 aromatic heterocycles. The van der Waals surface area contributed by atoms with Crippen LogP contribution in [0.1, 0.15) is 23.6 Å². The largest absolute Gasteiger partial charge is 0.380 e. The highest BCUT2D eigenvalue weighted by atomic mass is 16.5. The van der Waals surface area contributed by atoms with Gasteiger partial charge in [0.05, 0.1) is 18.6 Å². The van der Waals surface area contributed by atoms with E-state index in [0.717, 1.165) is 11.1 Å². The summed E-state index contributed by atoms with van der Waals surface area (Å²) in [6, 6.07) is 19.7. The minimum atomic E-state index is -0.257. The molecule has 0 heterocycles. The molecule has 2 rings (SSSR count). The van der Waals surface area contributed by atoms with Gasteiger partial charge in [0.1, 0.15) is 0 Å². The number of methoxy groups -OCH3 is 1. The van der Waals surface area contributed by atoms with Crippen molar-refractivity contribution in [3.8, 4) is 0 Å². The van der Waals surface area contributed by atoms with Gasteiger partial charge in [-0.1, -0.05) is 60.7 Å². The Labute approximate surface area is 131 Å². The fourth-order valence-corrected chi connectivity index (χ4v) is 2.34. The molecule has 4 heteroatoms. The average molecular weight is 298 g/mol. The quantitative estimate of drug-likeness (QED) is 0.824. The molecule has 0 aliphatic heterocycles. The van der Waals surface area contributed by atoms with Crippen molar-refractivity contribution in [3.05, 3.63) is 71.8 Å². The molecule has 0 aliphatic rings. The Morgan fingerprint density at radius 3 is 1.95 bits per heavy atom. The standard InChI is InChI=1S/C18H22N2O2/c1-22-16(13-19)12-17(21)20-18(14-8-4-2-5-9-14)15-10-6-3-7-11-15/h2-11,16,18H,12-13,19H2,1H3,(H,20,21). The number of rotatable bonds is 7. The molecule has 2 aromatic carbocycles. The van der Waals surface area contributed by atoms with Gasteiger partial charge in [0, 0.05) is 13.7 Å². The second kappa shape index (κ2) is 8.32. The van der Waals surface area contributed by atoms with Crippen molar-refractivity contribution < 1.29 is 9.53 Å². The van der Waals surface area contributed by atoms with Gasteiger partial charge < -0.3 is 15.8 Å². The van der Waals surface area contributed by atoms with Crippen LogP contribution in [-0.2, 0) is 9.53 Å². The van der Waals surface area contributed by atoms with E-state index in [1.165, 1.54) is 0 Å². The summed E-state index contributed by atoms with van der Waals surface area (Å²) in [6.07, 6.45) is -0.00408. The van der Waals surface area contributed by atoms with Crippen LogP contribution < -0.4 is 11.1 Å². The number of hydrogen-bond acceptors (Lipinski definition) is 3. The average Bonchev–Trinajstić information content (AvgIpc) is 2.59. The molecule has 116 valence electrons.